The predicted molar refractivity (Wildman–Crippen MR) is 151 cm³/mol. The molecule has 1 aliphatic carbocycles. The smallest absolute Gasteiger partial charge is 0.336 e. The van der Waals surface area contributed by atoms with E-state index in [1.807, 2.05) is 55.5 Å². The number of ether oxygens (including phenoxy) is 3. The number of nitrogens with one attached hydrogen (secondary N) is 1. The molecule has 0 fully saturated rings. The number of hydrogen-bond donors (Lipinski definition) is 2. The Hall–Kier alpha value is -4.52. The van der Waals surface area contributed by atoms with Crippen molar-refractivity contribution < 1.29 is 28.9 Å². The van der Waals surface area contributed by atoms with Gasteiger partial charge in [-0.3, -0.25) is 4.79 Å². The van der Waals surface area contributed by atoms with E-state index in [2.05, 4.69) is 5.32 Å². The SMILES string of the molecule is COc1ccc([C@H]2CC(=O)C3=C(C2)NC(C)=C(C(=O)OCCc2ccccc2)[C@@H]3c2ccc(O)cc2)cc1OC. The summed E-state index contributed by atoms with van der Waals surface area (Å²) in [6.45, 7) is 2.07. The Morgan fingerprint density at radius 1 is 0.925 bits per heavy atom. The second-order valence-corrected chi connectivity index (χ2v) is 10.1. The maximum atomic E-state index is 13.8. The lowest BCUT2D eigenvalue weighted by Crippen LogP contribution is -2.36. The van der Waals surface area contributed by atoms with Gasteiger partial charge in [-0.1, -0.05) is 48.5 Å². The number of carbonyl (C=O) groups excluding carboxylic acids is 2. The summed E-state index contributed by atoms with van der Waals surface area (Å²) in [6.07, 6.45) is 1.48. The number of Topliss-reactive ketones (excluding diaryl/α,β-unsaturated/α-hetero) is 1. The van der Waals surface area contributed by atoms with Crippen molar-refractivity contribution in [1.82, 2.24) is 5.32 Å². The summed E-state index contributed by atoms with van der Waals surface area (Å²) in [5.74, 6) is 0.205. The third-order valence-corrected chi connectivity index (χ3v) is 7.62. The molecule has 40 heavy (non-hydrogen) atoms. The minimum absolute atomic E-state index is 0.0336. The molecule has 0 amide bonds. The normalized spacial score (nSPS) is 18.6. The molecule has 0 saturated carbocycles. The Bertz CT molecular complexity index is 1470. The second kappa shape index (κ2) is 11.7. The fourth-order valence-corrected chi connectivity index (χ4v) is 5.64. The molecule has 0 aromatic heterocycles. The molecular weight excluding hydrogens is 506 g/mol. The number of esters is 1. The largest absolute Gasteiger partial charge is 0.508 e. The molecule has 0 unspecified atom stereocenters. The number of ketones is 1. The van der Waals surface area contributed by atoms with Gasteiger partial charge in [-0.05, 0) is 60.2 Å². The van der Waals surface area contributed by atoms with Gasteiger partial charge in [0.25, 0.3) is 0 Å². The lowest BCUT2D eigenvalue weighted by atomic mass is 9.71. The van der Waals surface area contributed by atoms with Crippen molar-refractivity contribution in [2.24, 2.45) is 0 Å². The van der Waals surface area contributed by atoms with Crippen LogP contribution in [-0.2, 0) is 20.7 Å². The predicted octanol–water partition coefficient (Wildman–Crippen LogP) is 5.56. The van der Waals surface area contributed by atoms with Crippen LogP contribution in [0.5, 0.6) is 17.2 Å². The zero-order valence-electron chi connectivity index (χ0n) is 22.9. The van der Waals surface area contributed by atoms with Crippen LogP contribution >= 0.6 is 0 Å². The van der Waals surface area contributed by atoms with Gasteiger partial charge in [0, 0.05) is 35.7 Å². The zero-order valence-corrected chi connectivity index (χ0v) is 22.9. The van der Waals surface area contributed by atoms with Crippen molar-refractivity contribution in [2.45, 2.75) is 38.0 Å². The number of benzene rings is 3. The van der Waals surface area contributed by atoms with Crippen LogP contribution in [0.15, 0.2) is 95.3 Å². The maximum absolute atomic E-state index is 13.8. The Labute approximate surface area is 234 Å². The number of methoxy groups -OCH3 is 2. The molecule has 7 nitrogen and oxygen atoms in total. The summed E-state index contributed by atoms with van der Waals surface area (Å²) in [7, 11) is 3.18. The van der Waals surface area contributed by atoms with E-state index in [1.54, 1.807) is 38.5 Å². The van der Waals surface area contributed by atoms with Crippen LogP contribution < -0.4 is 14.8 Å². The molecule has 2 N–H and O–H groups in total. The summed E-state index contributed by atoms with van der Waals surface area (Å²) >= 11 is 0. The van der Waals surface area contributed by atoms with Gasteiger partial charge in [0.1, 0.15) is 5.75 Å². The Balaban J connectivity index is 1.46. The molecule has 5 rings (SSSR count). The molecule has 2 aliphatic rings. The Kier molecular flexibility index (Phi) is 7.91. The van der Waals surface area contributed by atoms with Crippen molar-refractivity contribution in [2.75, 3.05) is 20.8 Å². The number of hydrogen-bond acceptors (Lipinski definition) is 7. The van der Waals surface area contributed by atoms with E-state index in [0.29, 0.717) is 47.6 Å². The minimum atomic E-state index is -0.597. The average molecular weight is 540 g/mol. The van der Waals surface area contributed by atoms with E-state index in [0.717, 1.165) is 22.4 Å². The van der Waals surface area contributed by atoms with Crippen LogP contribution in [0, 0.1) is 0 Å². The van der Waals surface area contributed by atoms with E-state index < -0.39 is 11.9 Å². The number of allylic oxidation sites excluding steroid dienone is 3. The van der Waals surface area contributed by atoms with Gasteiger partial charge in [-0.25, -0.2) is 4.79 Å². The lowest BCUT2D eigenvalue weighted by Gasteiger charge is -2.36. The molecule has 3 aromatic rings. The van der Waals surface area contributed by atoms with Crippen molar-refractivity contribution >= 4 is 11.8 Å². The molecule has 2 atom stereocenters. The fourth-order valence-electron chi connectivity index (χ4n) is 5.64. The van der Waals surface area contributed by atoms with Crippen molar-refractivity contribution in [1.29, 1.82) is 0 Å². The Morgan fingerprint density at radius 2 is 1.62 bits per heavy atom. The molecule has 0 radical (unpaired) electrons. The molecule has 206 valence electrons. The topological polar surface area (TPSA) is 94.1 Å². The first-order chi connectivity index (χ1) is 19.4. The molecule has 1 heterocycles. The molecule has 1 aliphatic heterocycles. The highest BCUT2D eigenvalue weighted by atomic mass is 16.5. The van der Waals surface area contributed by atoms with Crippen LogP contribution in [0.3, 0.4) is 0 Å². The molecule has 0 saturated heterocycles. The van der Waals surface area contributed by atoms with E-state index >= 15 is 0 Å². The number of aromatic hydroxyl groups is 1. The summed E-state index contributed by atoms with van der Waals surface area (Å²) in [6, 6.07) is 22.2. The lowest BCUT2D eigenvalue weighted by molar-refractivity contribution is -0.139. The van der Waals surface area contributed by atoms with Crippen molar-refractivity contribution in [3.63, 3.8) is 0 Å². The van der Waals surface area contributed by atoms with Crippen molar-refractivity contribution in [3.8, 4) is 17.2 Å². The van der Waals surface area contributed by atoms with E-state index in [-0.39, 0.29) is 24.1 Å². The second-order valence-electron chi connectivity index (χ2n) is 10.1. The van der Waals surface area contributed by atoms with Gasteiger partial charge in [-0.2, -0.15) is 0 Å². The first kappa shape index (κ1) is 27.1. The summed E-state index contributed by atoms with van der Waals surface area (Å²) in [5.41, 5.74) is 5.24. The van der Waals surface area contributed by atoms with Gasteiger partial charge >= 0.3 is 5.97 Å². The Morgan fingerprint density at radius 3 is 2.33 bits per heavy atom. The van der Waals surface area contributed by atoms with Crippen LogP contribution in [0.25, 0.3) is 0 Å². The number of phenols is 1. The van der Waals surface area contributed by atoms with Crippen LogP contribution in [-0.4, -0.2) is 37.7 Å². The number of phenolic OH excluding ortho intramolecular Hbond substituents is 1. The monoisotopic (exact) mass is 539 g/mol. The summed E-state index contributed by atoms with van der Waals surface area (Å²) in [5, 5.41) is 13.3. The van der Waals surface area contributed by atoms with E-state index in [1.165, 1.54) is 0 Å². The summed E-state index contributed by atoms with van der Waals surface area (Å²) in [4.78, 5) is 27.4. The molecule has 3 aromatic carbocycles. The van der Waals surface area contributed by atoms with Crippen LogP contribution in [0.1, 0.15) is 48.3 Å². The highest BCUT2D eigenvalue weighted by molar-refractivity contribution is 6.04. The zero-order chi connectivity index (χ0) is 28.2. The van der Waals surface area contributed by atoms with Gasteiger partial charge in [0.2, 0.25) is 0 Å². The average Bonchev–Trinajstić information content (AvgIpc) is 2.96. The molecule has 7 heteroatoms. The van der Waals surface area contributed by atoms with Crippen molar-refractivity contribution in [3.05, 3.63) is 112 Å². The van der Waals surface area contributed by atoms with Crippen LogP contribution in [0.4, 0.5) is 0 Å². The van der Waals surface area contributed by atoms with Gasteiger partial charge in [-0.15, -0.1) is 0 Å². The van der Waals surface area contributed by atoms with Crippen LogP contribution in [0.2, 0.25) is 0 Å². The molecule has 0 bridgehead atoms. The number of dihydropyridines is 1. The highest BCUT2D eigenvalue weighted by Crippen LogP contribution is 2.46. The van der Waals surface area contributed by atoms with Gasteiger partial charge in [0.05, 0.1) is 26.4 Å². The number of rotatable bonds is 8. The summed E-state index contributed by atoms with van der Waals surface area (Å²) < 4.78 is 16.6. The molecular formula is C33H33NO6. The third kappa shape index (κ3) is 5.45. The minimum Gasteiger partial charge on any atom is -0.508 e. The molecule has 0 spiro atoms. The number of carbonyl (C=O) groups is 2. The van der Waals surface area contributed by atoms with Gasteiger partial charge < -0.3 is 24.6 Å². The van der Waals surface area contributed by atoms with E-state index in [9.17, 15) is 14.7 Å². The maximum Gasteiger partial charge on any atom is 0.336 e. The van der Waals surface area contributed by atoms with E-state index in [4.69, 9.17) is 14.2 Å². The van der Waals surface area contributed by atoms with Gasteiger partial charge in [0.15, 0.2) is 17.3 Å². The fraction of sp³-hybridized carbons (Fsp3) is 0.273. The first-order valence-corrected chi connectivity index (χ1v) is 13.4. The first-order valence-electron chi connectivity index (χ1n) is 13.4. The highest BCUT2D eigenvalue weighted by Gasteiger charge is 2.41. The standard InChI is InChI=1S/C33H33NO6/c1-20-30(33(37)40-16-15-21-7-5-4-6-8-21)31(22-9-12-25(35)13-10-22)32-26(34-20)17-24(18-27(32)36)23-11-14-28(38-2)29(19-23)39-3/h4-14,19,24,31,34-35H,15-18H2,1-3H3/t24-,31+/m1/s1. The third-order valence-electron chi connectivity index (χ3n) is 7.62. The quantitative estimate of drug-likeness (QED) is 0.362.